The van der Waals surface area contributed by atoms with Crippen LogP contribution in [0.5, 0.6) is 0 Å². The van der Waals surface area contributed by atoms with Crippen molar-refractivity contribution >= 4 is 11.9 Å². The lowest BCUT2D eigenvalue weighted by molar-refractivity contribution is -0.148. The molecule has 3 fully saturated rings. The second-order valence-corrected chi connectivity index (χ2v) is 4.00. The van der Waals surface area contributed by atoms with Crippen LogP contribution in [0.25, 0.3) is 0 Å². The minimum absolute atomic E-state index is 0.00347. The predicted molar refractivity (Wildman–Crippen MR) is 45.0 cm³/mol. The molecular weight excluding hydrogens is 170 g/mol. The highest BCUT2D eigenvalue weighted by Gasteiger charge is 2.60. The molecule has 1 amide bonds. The number of hydrogen-bond acceptors (Lipinski definition) is 2. The maximum atomic E-state index is 11.2. The van der Waals surface area contributed by atoms with Crippen LogP contribution < -0.4 is 0 Å². The average molecular weight is 183 g/mol. The average Bonchev–Trinajstić information content (AvgIpc) is 2.35. The Kier molecular flexibility index (Phi) is 1.62. The van der Waals surface area contributed by atoms with Crippen molar-refractivity contribution in [1.82, 2.24) is 4.90 Å². The van der Waals surface area contributed by atoms with Crippen LogP contribution in [0.1, 0.15) is 20.3 Å². The van der Waals surface area contributed by atoms with E-state index in [2.05, 4.69) is 0 Å². The number of aliphatic carboxylic acids is 1. The smallest absolute Gasteiger partial charge is 0.308 e. The van der Waals surface area contributed by atoms with Crippen molar-refractivity contribution in [2.45, 2.75) is 32.4 Å². The molecule has 1 N–H and O–H groups in total. The Balaban J connectivity index is 2.21. The summed E-state index contributed by atoms with van der Waals surface area (Å²) in [5.74, 6) is -0.870. The van der Waals surface area contributed by atoms with Gasteiger partial charge in [-0.05, 0) is 19.3 Å². The molecule has 0 unspecified atom stereocenters. The third-order valence-electron chi connectivity index (χ3n) is 3.45. The third kappa shape index (κ3) is 0.913. The van der Waals surface area contributed by atoms with Crippen molar-refractivity contribution in [1.29, 1.82) is 0 Å². The summed E-state index contributed by atoms with van der Waals surface area (Å²) in [5.41, 5.74) is 0. The molecule has 4 atom stereocenters. The van der Waals surface area contributed by atoms with Crippen LogP contribution in [-0.2, 0) is 9.59 Å². The van der Waals surface area contributed by atoms with Crippen LogP contribution >= 0.6 is 0 Å². The Bertz CT molecular complexity index is 276. The first-order valence-corrected chi connectivity index (χ1v) is 4.55. The molecule has 1 saturated carbocycles. The number of carbonyl (C=O) groups excluding carboxylic acids is 1. The minimum Gasteiger partial charge on any atom is -0.481 e. The van der Waals surface area contributed by atoms with Gasteiger partial charge in [-0.15, -0.1) is 0 Å². The molecule has 13 heavy (non-hydrogen) atoms. The van der Waals surface area contributed by atoms with Crippen LogP contribution in [0.15, 0.2) is 0 Å². The van der Waals surface area contributed by atoms with Gasteiger partial charge < -0.3 is 10.0 Å². The van der Waals surface area contributed by atoms with Crippen LogP contribution in [-0.4, -0.2) is 34.0 Å². The third-order valence-corrected chi connectivity index (χ3v) is 3.45. The fraction of sp³-hybridized carbons (Fsp3) is 0.778. The summed E-state index contributed by atoms with van der Waals surface area (Å²) in [7, 11) is 0. The lowest BCUT2D eigenvalue weighted by atomic mass is 9.72. The maximum absolute atomic E-state index is 11.2. The highest BCUT2D eigenvalue weighted by molar-refractivity contribution is 5.80. The number of rotatable bonds is 1. The standard InChI is InChI=1S/C9H13NO3/c1-4-6-3-7(8(6)9(12)13)10(4)5(2)11/h4,6-8H,3H2,1-2H3,(H,12,13)/t4-,6-,7-,8+/m1/s1. The second-order valence-electron chi connectivity index (χ2n) is 4.00. The number of fused-ring (bicyclic) bond motifs is 1. The Hall–Kier alpha value is -1.06. The zero-order chi connectivity index (χ0) is 9.75. The van der Waals surface area contributed by atoms with Crippen molar-refractivity contribution in [3.05, 3.63) is 0 Å². The molecule has 2 saturated heterocycles. The summed E-state index contributed by atoms with van der Waals surface area (Å²) in [5, 5.41) is 8.89. The zero-order valence-corrected chi connectivity index (χ0v) is 7.73. The van der Waals surface area contributed by atoms with Gasteiger partial charge in [-0.2, -0.15) is 0 Å². The molecule has 0 aromatic rings. The Morgan fingerprint density at radius 2 is 2.08 bits per heavy atom. The topological polar surface area (TPSA) is 57.6 Å². The van der Waals surface area contributed by atoms with Crippen molar-refractivity contribution in [3.8, 4) is 0 Å². The van der Waals surface area contributed by atoms with Gasteiger partial charge in [0.15, 0.2) is 0 Å². The molecular formula is C9H13NO3. The summed E-state index contributed by atoms with van der Waals surface area (Å²) in [4.78, 5) is 23.7. The molecule has 72 valence electrons. The molecule has 2 bridgehead atoms. The largest absolute Gasteiger partial charge is 0.481 e. The maximum Gasteiger partial charge on any atom is 0.308 e. The van der Waals surface area contributed by atoms with Crippen LogP contribution in [0.3, 0.4) is 0 Å². The summed E-state index contributed by atoms with van der Waals surface area (Å²) < 4.78 is 0. The number of carbonyl (C=O) groups is 2. The van der Waals surface area contributed by atoms with Gasteiger partial charge in [0, 0.05) is 19.0 Å². The van der Waals surface area contributed by atoms with Crippen molar-refractivity contribution in [2.24, 2.45) is 11.8 Å². The second kappa shape index (κ2) is 2.47. The van der Waals surface area contributed by atoms with Gasteiger partial charge in [-0.25, -0.2) is 0 Å². The number of nitrogens with zero attached hydrogens (tertiary/aromatic N) is 1. The normalized spacial score (nSPS) is 41.5. The van der Waals surface area contributed by atoms with Crippen molar-refractivity contribution in [3.63, 3.8) is 0 Å². The molecule has 3 aliphatic rings. The first kappa shape index (κ1) is 8.53. The molecule has 4 nitrogen and oxygen atoms in total. The Labute approximate surface area is 76.5 Å². The van der Waals surface area contributed by atoms with Gasteiger partial charge in [0.2, 0.25) is 5.91 Å². The first-order valence-electron chi connectivity index (χ1n) is 4.55. The van der Waals surface area contributed by atoms with Gasteiger partial charge in [-0.1, -0.05) is 0 Å². The van der Waals surface area contributed by atoms with E-state index in [-0.39, 0.29) is 29.8 Å². The molecule has 2 heterocycles. The number of carboxylic acids is 1. The van der Waals surface area contributed by atoms with Crippen LogP contribution in [0.4, 0.5) is 0 Å². The van der Waals surface area contributed by atoms with Gasteiger partial charge in [0.25, 0.3) is 0 Å². The molecule has 0 spiro atoms. The van der Waals surface area contributed by atoms with Gasteiger partial charge in [0.1, 0.15) is 0 Å². The molecule has 0 aromatic heterocycles. The quantitative estimate of drug-likeness (QED) is 0.637. The lowest BCUT2D eigenvalue weighted by Crippen LogP contribution is -2.44. The Morgan fingerprint density at radius 3 is 2.38 bits per heavy atom. The van der Waals surface area contributed by atoms with E-state index < -0.39 is 5.97 Å². The predicted octanol–water partition coefficient (Wildman–Crippen LogP) is 0.326. The van der Waals surface area contributed by atoms with E-state index >= 15 is 0 Å². The van der Waals surface area contributed by atoms with Crippen LogP contribution in [0.2, 0.25) is 0 Å². The summed E-state index contributed by atoms with van der Waals surface area (Å²) in [6.45, 7) is 3.45. The number of carboxylic acid groups (broad SMARTS) is 1. The zero-order valence-electron chi connectivity index (χ0n) is 7.73. The van der Waals surface area contributed by atoms with Crippen molar-refractivity contribution in [2.75, 3.05) is 0 Å². The van der Waals surface area contributed by atoms with E-state index in [0.29, 0.717) is 0 Å². The first-order chi connectivity index (χ1) is 6.04. The minimum atomic E-state index is -0.753. The monoisotopic (exact) mass is 183 g/mol. The molecule has 1 aliphatic carbocycles. The molecule has 0 radical (unpaired) electrons. The Morgan fingerprint density at radius 1 is 1.46 bits per heavy atom. The van der Waals surface area contributed by atoms with E-state index in [1.165, 1.54) is 6.92 Å². The highest BCUT2D eigenvalue weighted by atomic mass is 16.4. The summed E-state index contributed by atoms with van der Waals surface area (Å²) in [6, 6.07) is 0.0820. The molecule has 0 aromatic carbocycles. The van der Waals surface area contributed by atoms with Gasteiger partial charge in [0.05, 0.1) is 5.92 Å². The molecule has 4 heteroatoms. The van der Waals surface area contributed by atoms with Gasteiger partial charge in [-0.3, -0.25) is 9.59 Å². The van der Waals surface area contributed by atoms with Crippen molar-refractivity contribution < 1.29 is 14.7 Å². The fourth-order valence-electron chi connectivity index (χ4n) is 2.82. The SMILES string of the molecule is CC(=O)N1[C@H](C)[C@H]2C[C@@H]1[C@H]2C(=O)O. The number of hydrogen-bond donors (Lipinski definition) is 1. The van der Waals surface area contributed by atoms with E-state index in [1.54, 1.807) is 4.90 Å². The van der Waals surface area contributed by atoms with Crippen LogP contribution in [0, 0.1) is 11.8 Å². The van der Waals surface area contributed by atoms with E-state index in [4.69, 9.17) is 5.11 Å². The fourth-order valence-corrected chi connectivity index (χ4v) is 2.82. The summed E-state index contributed by atoms with van der Waals surface area (Å²) in [6.07, 6.45) is 0.873. The highest BCUT2D eigenvalue weighted by Crippen LogP contribution is 2.50. The van der Waals surface area contributed by atoms with E-state index in [1.807, 2.05) is 6.92 Å². The molecule has 3 rings (SSSR count). The summed E-state index contributed by atoms with van der Waals surface area (Å²) >= 11 is 0. The van der Waals surface area contributed by atoms with Gasteiger partial charge >= 0.3 is 5.97 Å². The lowest BCUT2D eigenvalue weighted by Gasteiger charge is -2.32. The number of amides is 1. The van der Waals surface area contributed by atoms with E-state index in [9.17, 15) is 9.59 Å². The van der Waals surface area contributed by atoms with E-state index in [0.717, 1.165) is 6.42 Å². The molecule has 2 aliphatic heterocycles.